The van der Waals surface area contributed by atoms with Gasteiger partial charge in [0, 0.05) is 12.6 Å². The Balaban J connectivity index is 2.30. The summed E-state index contributed by atoms with van der Waals surface area (Å²) in [7, 11) is 0. The van der Waals surface area contributed by atoms with Gasteiger partial charge in [0.05, 0.1) is 10.7 Å². The van der Waals surface area contributed by atoms with E-state index in [1.54, 1.807) is 18.2 Å². The van der Waals surface area contributed by atoms with Gasteiger partial charge in [-0.25, -0.2) is 14.4 Å². The van der Waals surface area contributed by atoms with Crippen molar-refractivity contribution in [2.45, 2.75) is 18.5 Å². The Morgan fingerprint density at radius 2 is 2.05 bits per heavy atom. The second kappa shape index (κ2) is 7.47. The molecule has 1 aromatic carbocycles. The number of hydrogen-bond acceptors (Lipinski definition) is 5. The lowest BCUT2D eigenvalue weighted by atomic mass is 10.3. The monoisotopic (exact) mass is 326 g/mol. The van der Waals surface area contributed by atoms with Gasteiger partial charge in [-0.05, 0) is 24.8 Å². The van der Waals surface area contributed by atoms with Gasteiger partial charge in [-0.3, -0.25) is 0 Å². The van der Waals surface area contributed by atoms with Gasteiger partial charge in [0.15, 0.2) is 5.16 Å². The van der Waals surface area contributed by atoms with Crippen LogP contribution in [0.1, 0.15) is 13.3 Å². The minimum absolute atomic E-state index is 0.214. The number of benzene rings is 1. The smallest absolute Gasteiger partial charge is 0.191 e. The second-order valence-electron chi connectivity index (χ2n) is 4.27. The van der Waals surface area contributed by atoms with Crippen LogP contribution < -0.4 is 10.6 Å². The Morgan fingerprint density at radius 1 is 1.29 bits per heavy atom. The maximum atomic E-state index is 13.8. The molecule has 0 aliphatic rings. The summed E-state index contributed by atoms with van der Waals surface area (Å²) in [5, 5.41) is 7.02. The number of aromatic nitrogens is 2. The Bertz CT molecular complexity index is 604. The van der Waals surface area contributed by atoms with Gasteiger partial charge >= 0.3 is 0 Å². The van der Waals surface area contributed by atoms with E-state index < -0.39 is 5.82 Å². The highest BCUT2D eigenvalue weighted by Gasteiger charge is 2.10. The fourth-order valence-corrected chi connectivity index (χ4v) is 2.26. The minimum Gasteiger partial charge on any atom is -0.370 e. The predicted octanol–water partition coefficient (Wildman–Crippen LogP) is 4.56. The normalized spacial score (nSPS) is 10.5. The van der Waals surface area contributed by atoms with E-state index in [-0.39, 0.29) is 5.69 Å². The van der Waals surface area contributed by atoms with Gasteiger partial charge in [0.2, 0.25) is 0 Å². The van der Waals surface area contributed by atoms with Crippen molar-refractivity contribution in [3.05, 3.63) is 35.1 Å². The van der Waals surface area contributed by atoms with E-state index in [0.29, 0.717) is 21.8 Å². The Hall–Kier alpha value is -1.53. The Labute approximate surface area is 132 Å². The lowest BCUT2D eigenvalue weighted by Gasteiger charge is -2.11. The molecule has 0 fully saturated rings. The molecule has 1 aromatic heterocycles. The number of para-hydroxylation sites is 1. The second-order valence-corrected chi connectivity index (χ2v) is 5.45. The van der Waals surface area contributed by atoms with Gasteiger partial charge in [0.1, 0.15) is 17.5 Å². The van der Waals surface area contributed by atoms with Crippen molar-refractivity contribution in [1.82, 2.24) is 9.97 Å². The average molecular weight is 327 g/mol. The first-order chi connectivity index (χ1) is 10.1. The molecule has 0 unspecified atom stereocenters. The van der Waals surface area contributed by atoms with E-state index in [1.165, 1.54) is 17.8 Å². The van der Waals surface area contributed by atoms with Gasteiger partial charge in [0.25, 0.3) is 0 Å². The lowest BCUT2D eigenvalue weighted by molar-refractivity contribution is 0.632. The van der Waals surface area contributed by atoms with Crippen LogP contribution in [0.5, 0.6) is 0 Å². The van der Waals surface area contributed by atoms with Crippen molar-refractivity contribution in [3.8, 4) is 0 Å². The Kier molecular flexibility index (Phi) is 5.64. The van der Waals surface area contributed by atoms with Crippen LogP contribution in [0.3, 0.4) is 0 Å². The fraction of sp³-hybridized carbons (Fsp3) is 0.286. The highest BCUT2D eigenvalue weighted by atomic mass is 35.5. The summed E-state index contributed by atoms with van der Waals surface area (Å²) in [5.41, 5.74) is 0.214. The molecule has 2 rings (SSSR count). The van der Waals surface area contributed by atoms with E-state index in [1.807, 2.05) is 6.26 Å². The zero-order valence-corrected chi connectivity index (χ0v) is 13.4. The van der Waals surface area contributed by atoms with Crippen molar-refractivity contribution in [1.29, 1.82) is 0 Å². The number of thioether (sulfide) groups is 1. The molecule has 0 amide bonds. The van der Waals surface area contributed by atoms with Gasteiger partial charge in [-0.1, -0.05) is 36.4 Å². The first kappa shape index (κ1) is 15.9. The molecule has 21 heavy (non-hydrogen) atoms. The van der Waals surface area contributed by atoms with Crippen molar-refractivity contribution >= 4 is 40.7 Å². The lowest BCUT2D eigenvalue weighted by Crippen LogP contribution is -2.05. The SMILES string of the molecule is CCCNc1cc(Nc2c(F)cccc2Cl)nc(SC)n1. The molecule has 0 atom stereocenters. The number of anilines is 3. The third-order valence-corrected chi connectivity index (χ3v) is 3.52. The van der Waals surface area contributed by atoms with E-state index in [2.05, 4.69) is 27.5 Å². The maximum Gasteiger partial charge on any atom is 0.191 e. The van der Waals surface area contributed by atoms with Crippen LogP contribution in [-0.4, -0.2) is 22.8 Å². The topological polar surface area (TPSA) is 49.8 Å². The minimum atomic E-state index is -0.421. The summed E-state index contributed by atoms with van der Waals surface area (Å²) >= 11 is 7.43. The van der Waals surface area contributed by atoms with Crippen molar-refractivity contribution < 1.29 is 4.39 Å². The molecule has 2 N–H and O–H groups in total. The predicted molar refractivity (Wildman–Crippen MR) is 87.3 cm³/mol. The van der Waals surface area contributed by atoms with Crippen LogP contribution in [0.2, 0.25) is 5.02 Å². The van der Waals surface area contributed by atoms with Crippen LogP contribution in [-0.2, 0) is 0 Å². The van der Waals surface area contributed by atoms with Crippen LogP contribution in [0.4, 0.5) is 21.7 Å². The number of nitrogens with zero attached hydrogens (tertiary/aromatic N) is 2. The molecule has 7 heteroatoms. The molecule has 0 aliphatic carbocycles. The molecule has 0 saturated carbocycles. The molecule has 112 valence electrons. The highest BCUT2D eigenvalue weighted by molar-refractivity contribution is 7.98. The molecular formula is C14H16ClFN4S. The molecular weight excluding hydrogens is 311 g/mol. The van der Waals surface area contributed by atoms with E-state index >= 15 is 0 Å². The fourth-order valence-electron chi connectivity index (χ4n) is 1.67. The standard InChI is InChI=1S/C14H16ClFN4S/c1-3-7-17-11-8-12(20-14(19-11)21-2)18-13-9(15)5-4-6-10(13)16/h4-6,8H,3,7H2,1-2H3,(H2,17,18,19,20). The zero-order valence-electron chi connectivity index (χ0n) is 11.8. The molecule has 0 bridgehead atoms. The van der Waals surface area contributed by atoms with Crippen molar-refractivity contribution in [2.24, 2.45) is 0 Å². The maximum absolute atomic E-state index is 13.8. The Morgan fingerprint density at radius 3 is 2.71 bits per heavy atom. The van der Waals surface area contributed by atoms with E-state index in [9.17, 15) is 4.39 Å². The third kappa shape index (κ3) is 4.22. The molecule has 1 heterocycles. The molecule has 0 aliphatic heterocycles. The summed E-state index contributed by atoms with van der Waals surface area (Å²) < 4.78 is 13.8. The number of halogens is 2. The molecule has 0 spiro atoms. The van der Waals surface area contributed by atoms with E-state index in [0.717, 1.165) is 13.0 Å². The number of hydrogen-bond donors (Lipinski definition) is 2. The summed E-state index contributed by atoms with van der Waals surface area (Å²) in [6.07, 6.45) is 2.87. The number of rotatable bonds is 6. The van der Waals surface area contributed by atoms with Crippen molar-refractivity contribution in [2.75, 3.05) is 23.4 Å². The molecule has 0 saturated heterocycles. The van der Waals surface area contributed by atoms with Gasteiger partial charge < -0.3 is 10.6 Å². The highest BCUT2D eigenvalue weighted by Crippen LogP contribution is 2.28. The van der Waals surface area contributed by atoms with Crippen molar-refractivity contribution in [3.63, 3.8) is 0 Å². The van der Waals surface area contributed by atoms with Crippen LogP contribution in [0, 0.1) is 5.82 Å². The first-order valence-electron chi connectivity index (χ1n) is 6.52. The van der Waals surface area contributed by atoms with Crippen LogP contribution in [0.25, 0.3) is 0 Å². The summed E-state index contributed by atoms with van der Waals surface area (Å²) in [6, 6.07) is 6.27. The first-order valence-corrected chi connectivity index (χ1v) is 8.12. The summed E-state index contributed by atoms with van der Waals surface area (Å²) in [4.78, 5) is 8.66. The molecule has 2 aromatic rings. The largest absolute Gasteiger partial charge is 0.370 e. The zero-order chi connectivity index (χ0) is 15.2. The molecule has 0 radical (unpaired) electrons. The van der Waals surface area contributed by atoms with Crippen LogP contribution >= 0.6 is 23.4 Å². The average Bonchev–Trinajstić information content (AvgIpc) is 2.49. The third-order valence-electron chi connectivity index (χ3n) is 2.66. The summed E-state index contributed by atoms with van der Waals surface area (Å²) in [6.45, 7) is 2.88. The molecule has 4 nitrogen and oxygen atoms in total. The van der Waals surface area contributed by atoms with E-state index in [4.69, 9.17) is 11.6 Å². The quantitative estimate of drug-likeness (QED) is 0.602. The van der Waals surface area contributed by atoms with Crippen LogP contribution in [0.15, 0.2) is 29.4 Å². The van der Waals surface area contributed by atoms with Gasteiger partial charge in [-0.2, -0.15) is 0 Å². The van der Waals surface area contributed by atoms with Gasteiger partial charge in [-0.15, -0.1) is 0 Å². The summed E-state index contributed by atoms with van der Waals surface area (Å²) in [5.74, 6) is 0.779. The number of nitrogens with one attached hydrogen (secondary N) is 2.